The van der Waals surface area contributed by atoms with Crippen molar-refractivity contribution in [3.8, 4) is 0 Å². The van der Waals surface area contributed by atoms with E-state index in [1.54, 1.807) is 12.1 Å². The molecule has 1 unspecified atom stereocenters. The SMILES string of the molecule is NC(=O)c1ccc(C2(C(=O)NC3CCc4cc(Br)ccc4C3)CC2)cc1. The largest absolute Gasteiger partial charge is 0.366 e. The summed E-state index contributed by atoms with van der Waals surface area (Å²) in [5.41, 5.74) is 9.00. The number of fused-ring (bicyclic) bond motifs is 1. The van der Waals surface area contributed by atoms with Crippen molar-refractivity contribution in [2.24, 2.45) is 5.73 Å². The van der Waals surface area contributed by atoms with Crippen molar-refractivity contribution in [3.63, 3.8) is 0 Å². The third-order valence-electron chi connectivity index (χ3n) is 5.64. The number of rotatable bonds is 4. The quantitative estimate of drug-likeness (QED) is 0.808. The van der Waals surface area contributed by atoms with Gasteiger partial charge in [0.05, 0.1) is 5.41 Å². The van der Waals surface area contributed by atoms with Gasteiger partial charge in [0.2, 0.25) is 11.8 Å². The number of benzene rings is 2. The number of nitrogens with one attached hydrogen (secondary N) is 1. The van der Waals surface area contributed by atoms with Crippen LogP contribution in [0.5, 0.6) is 0 Å². The lowest BCUT2D eigenvalue weighted by Crippen LogP contribution is -2.44. The van der Waals surface area contributed by atoms with Crippen molar-refractivity contribution in [1.29, 1.82) is 0 Å². The third-order valence-corrected chi connectivity index (χ3v) is 6.13. The fourth-order valence-electron chi connectivity index (χ4n) is 3.90. The Bertz CT molecular complexity index is 872. The Hall–Kier alpha value is -2.14. The lowest BCUT2D eigenvalue weighted by molar-refractivity contribution is -0.124. The Morgan fingerprint density at radius 3 is 2.46 bits per heavy atom. The highest BCUT2D eigenvalue weighted by molar-refractivity contribution is 9.10. The number of halogens is 1. The molecule has 0 radical (unpaired) electrons. The van der Waals surface area contributed by atoms with Crippen LogP contribution in [0.1, 0.15) is 46.3 Å². The van der Waals surface area contributed by atoms with Crippen LogP contribution in [0.25, 0.3) is 0 Å². The maximum atomic E-state index is 13.0. The van der Waals surface area contributed by atoms with Crippen LogP contribution < -0.4 is 11.1 Å². The standard InChI is InChI=1S/C21H21BrN2O2/c22-17-7-3-15-12-18(8-4-14(15)11-17)24-20(26)21(9-10-21)16-5-1-13(2-6-16)19(23)25/h1-3,5-7,11,18H,4,8-10,12H2,(H2,23,25)(H,24,26). The summed E-state index contributed by atoms with van der Waals surface area (Å²) in [4.78, 5) is 24.2. The number of nitrogens with two attached hydrogens (primary N) is 1. The Labute approximate surface area is 161 Å². The zero-order valence-electron chi connectivity index (χ0n) is 14.4. The summed E-state index contributed by atoms with van der Waals surface area (Å²) in [7, 11) is 0. The summed E-state index contributed by atoms with van der Waals surface area (Å²) >= 11 is 3.52. The number of hydrogen-bond donors (Lipinski definition) is 2. The molecule has 1 fully saturated rings. The van der Waals surface area contributed by atoms with Crippen LogP contribution in [0.3, 0.4) is 0 Å². The van der Waals surface area contributed by atoms with Gasteiger partial charge in [-0.05, 0) is 73.1 Å². The number of carbonyl (C=O) groups excluding carboxylic acids is 2. The van der Waals surface area contributed by atoms with Crippen molar-refractivity contribution in [1.82, 2.24) is 5.32 Å². The van der Waals surface area contributed by atoms with Crippen molar-refractivity contribution in [2.45, 2.75) is 43.6 Å². The van der Waals surface area contributed by atoms with E-state index < -0.39 is 11.3 Å². The average Bonchev–Trinajstić information content (AvgIpc) is 3.44. The number of hydrogen-bond acceptors (Lipinski definition) is 2. The molecule has 0 saturated heterocycles. The molecule has 3 N–H and O–H groups in total. The number of amides is 2. The first-order valence-electron chi connectivity index (χ1n) is 8.96. The van der Waals surface area contributed by atoms with Crippen LogP contribution in [0, 0.1) is 0 Å². The topological polar surface area (TPSA) is 72.2 Å². The van der Waals surface area contributed by atoms with Crippen LogP contribution in [0.15, 0.2) is 46.9 Å². The monoisotopic (exact) mass is 412 g/mol. The molecule has 26 heavy (non-hydrogen) atoms. The van der Waals surface area contributed by atoms with E-state index in [1.165, 1.54) is 11.1 Å². The van der Waals surface area contributed by atoms with E-state index in [0.29, 0.717) is 5.56 Å². The van der Waals surface area contributed by atoms with Gasteiger partial charge in [-0.3, -0.25) is 9.59 Å². The maximum absolute atomic E-state index is 13.0. The molecular formula is C21H21BrN2O2. The maximum Gasteiger partial charge on any atom is 0.248 e. The highest BCUT2D eigenvalue weighted by Crippen LogP contribution is 2.48. The molecule has 2 aromatic rings. The zero-order chi connectivity index (χ0) is 18.3. The molecule has 0 aliphatic heterocycles. The number of primary amides is 1. The summed E-state index contributed by atoms with van der Waals surface area (Å²) in [5.74, 6) is -0.340. The molecule has 0 aromatic heterocycles. The van der Waals surface area contributed by atoms with Gasteiger partial charge in [-0.15, -0.1) is 0 Å². The highest BCUT2D eigenvalue weighted by Gasteiger charge is 2.51. The van der Waals surface area contributed by atoms with Gasteiger partial charge in [0, 0.05) is 16.1 Å². The van der Waals surface area contributed by atoms with E-state index in [9.17, 15) is 9.59 Å². The van der Waals surface area contributed by atoms with Crippen molar-refractivity contribution in [3.05, 3.63) is 69.2 Å². The Morgan fingerprint density at radius 1 is 1.08 bits per heavy atom. The van der Waals surface area contributed by atoms with Gasteiger partial charge in [-0.1, -0.05) is 34.1 Å². The molecule has 2 amide bonds. The van der Waals surface area contributed by atoms with E-state index in [0.717, 1.165) is 42.1 Å². The van der Waals surface area contributed by atoms with Gasteiger partial charge < -0.3 is 11.1 Å². The summed E-state index contributed by atoms with van der Waals surface area (Å²) in [6, 6.07) is 13.7. The van der Waals surface area contributed by atoms with Gasteiger partial charge in [0.15, 0.2) is 0 Å². The lowest BCUT2D eigenvalue weighted by Gasteiger charge is -2.28. The smallest absolute Gasteiger partial charge is 0.248 e. The lowest BCUT2D eigenvalue weighted by atomic mass is 9.87. The second-order valence-electron chi connectivity index (χ2n) is 7.35. The molecule has 1 atom stereocenters. The highest BCUT2D eigenvalue weighted by atomic mass is 79.9. The summed E-state index contributed by atoms with van der Waals surface area (Å²) < 4.78 is 1.11. The van der Waals surface area contributed by atoms with Crippen LogP contribution in [-0.2, 0) is 23.1 Å². The van der Waals surface area contributed by atoms with Gasteiger partial charge in [-0.2, -0.15) is 0 Å². The molecule has 0 heterocycles. The molecule has 2 aliphatic carbocycles. The van der Waals surface area contributed by atoms with E-state index in [2.05, 4.69) is 39.4 Å². The van der Waals surface area contributed by atoms with Gasteiger partial charge in [0.25, 0.3) is 0 Å². The minimum Gasteiger partial charge on any atom is -0.366 e. The molecule has 2 aromatic carbocycles. The fraction of sp³-hybridized carbons (Fsp3) is 0.333. The molecule has 134 valence electrons. The zero-order valence-corrected chi connectivity index (χ0v) is 16.0. The molecule has 5 heteroatoms. The predicted octanol–water partition coefficient (Wildman–Crippen LogP) is 3.25. The van der Waals surface area contributed by atoms with Crippen LogP contribution in [0.4, 0.5) is 0 Å². The first-order valence-corrected chi connectivity index (χ1v) is 9.76. The third kappa shape index (κ3) is 3.16. The Morgan fingerprint density at radius 2 is 1.81 bits per heavy atom. The van der Waals surface area contributed by atoms with Crippen LogP contribution in [0.2, 0.25) is 0 Å². The summed E-state index contributed by atoms with van der Waals surface area (Å²) in [5, 5.41) is 3.27. The molecule has 0 bridgehead atoms. The first kappa shape index (κ1) is 17.3. The van der Waals surface area contributed by atoms with Gasteiger partial charge in [-0.25, -0.2) is 0 Å². The van der Waals surface area contributed by atoms with Gasteiger partial charge in [0.1, 0.15) is 0 Å². The normalized spacial score (nSPS) is 20.1. The average molecular weight is 413 g/mol. The fourth-order valence-corrected chi connectivity index (χ4v) is 4.30. The Kier molecular flexibility index (Phi) is 4.35. The molecule has 4 rings (SSSR count). The second kappa shape index (κ2) is 6.54. The van der Waals surface area contributed by atoms with E-state index in [1.807, 2.05) is 12.1 Å². The van der Waals surface area contributed by atoms with Crippen molar-refractivity contribution in [2.75, 3.05) is 0 Å². The van der Waals surface area contributed by atoms with E-state index in [4.69, 9.17) is 5.73 Å². The molecule has 2 aliphatic rings. The minimum absolute atomic E-state index is 0.106. The Balaban J connectivity index is 1.46. The summed E-state index contributed by atoms with van der Waals surface area (Å²) in [6.07, 6.45) is 4.53. The summed E-state index contributed by atoms with van der Waals surface area (Å²) in [6.45, 7) is 0. The van der Waals surface area contributed by atoms with Gasteiger partial charge >= 0.3 is 0 Å². The predicted molar refractivity (Wildman–Crippen MR) is 104 cm³/mol. The first-order chi connectivity index (χ1) is 12.5. The molecule has 4 nitrogen and oxygen atoms in total. The molecule has 0 spiro atoms. The van der Waals surface area contributed by atoms with Crippen molar-refractivity contribution >= 4 is 27.7 Å². The molecule has 1 saturated carbocycles. The van der Waals surface area contributed by atoms with Crippen LogP contribution >= 0.6 is 15.9 Å². The second-order valence-corrected chi connectivity index (χ2v) is 8.27. The van der Waals surface area contributed by atoms with E-state index in [-0.39, 0.29) is 11.9 Å². The van der Waals surface area contributed by atoms with Crippen LogP contribution in [-0.4, -0.2) is 17.9 Å². The molecular weight excluding hydrogens is 392 g/mol. The van der Waals surface area contributed by atoms with E-state index >= 15 is 0 Å². The minimum atomic E-state index is -0.446. The number of carbonyl (C=O) groups is 2. The van der Waals surface area contributed by atoms with Crippen molar-refractivity contribution < 1.29 is 9.59 Å². The number of aryl methyl sites for hydroxylation is 1.